The quantitative estimate of drug-likeness (QED) is 0.837. The molecule has 0 amide bonds. The molecule has 5 nitrogen and oxygen atoms in total. The van der Waals surface area contributed by atoms with Gasteiger partial charge in [0.15, 0.2) is 0 Å². The van der Waals surface area contributed by atoms with Crippen LogP contribution in [0.1, 0.15) is 24.4 Å². The summed E-state index contributed by atoms with van der Waals surface area (Å²) in [4.78, 5) is 14.8. The summed E-state index contributed by atoms with van der Waals surface area (Å²) in [6.07, 6.45) is 4.17. The molecule has 1 atom stereocenters. The van der Waals surface area contributed by atoms with Crippen molar-refractivity contribution in [2.45, 2.75) is 18.9 Å². The molecule has 0 aliphatic rings. The van der Waals surface area contributed by atoms with E-state index in [-0.39, 0.29) is 12.5 Å². The number of rotatable bonds is 4. The predicted molar refractivity (Wildman–Crippen MR) is 64.5 cm³/mol. The van der Waals surface area contributed by atoms with E-state index in [2.05, 4.69) is 4.98 Å². The molecule has 0 saturated carbocycles. The van der Waals surface area contributed by atoms with Crippen LogP contribution >= 0.6 is 0 Å². The highest BCUT2D eigenvalue weighted by atomic mass is 16.4. The third-order valence-electron chi connectivity index (χ3n) is 2.83. The number of aryl methyl sites for hydroxylation is 1. The third kappa shape index (κ3) is 2.29. The van der Waals surface area contributed by atoms with Crippen molar-refractivity contribution in [1.29, 1.82) is 0 Å². The SMILES string of the molecule is Cn1cc(C(N)CCC(=O)O)c2cccnc21. The smallest absolute Gasteiger partial charge is 0.303 e. The molecule has 0 saturated heterocycles. The molecule has 0 aliphatic heterocycles. The molecule has 2 heterocycles. The first-order valence-electron chi connectivity index (χ1n) is 5.47. The zero-order valence-electron chi connectivity index (χ0n) is 9.63. The van der Waals surface area contributed by atoms with E-state index in [0.717, 1.165) is 16.6 Å². The highest BCUT2D eigenvalue weighted by Gasteiger charge is 2.14. The summed E-state index contributed by atoms with van der Waals surface area (Å²) in [5, 5.41) is 9.65. The van der Waals surface area contributed by atoms with Crippen LogP contribution in [-0.2, 0) is 11.8 Å². The van der Waals surface area contributed by atoms with Crippen LogP contribution in [0.5, 0.6) is 0 Å². The molecule has 2 aromatic heterocycles. The third-order valence-corrected chi connectivity index (χ3v) is 2.83. The van der Waals surface area contributed by atoms with Crippen LogP contribution in [0, 0.1) is 0 Å². The zero-order chi connectivity index (χ0) is 12.4. The molecule has 0 bridgehead atoms. The Morgan fingerprint density at radius 2 is 2.41 bits per heavy atom. The van der Waals surface area contributed by atoms with Gasteiger partial charge in [-0.05, 0) is 24.1 Å². The summed E-state index contributed by atoms with van der Waals surface area (Å²) in [6.45, 7) is 0. The number of nitrogens with two attached hydrogens (primary N) is 1. The van der Waals surface area contributed by atoms with Crippen LogP contribution in [-0.4, -0.2) is 20.6 Å². The van der Waals surface area contributed by atoms with E-state index in [1.807, 2.05) is 29.9 Å². The summed E-state index contributed by atoms with van der Waals surface area (Å²) in [5.74, 6) is -0.821. The Morgan fingerprint density at radius 3 is 3.12 bits per heavy atom. The Balaban J connectivity index is 2.32. The van der Waals surface area contributed by atoms with Crippen molar-refractivity contribution in [2.24, 2.45) is 12.8 Å². The Bertz CT molecular complexity index is 548. The van der Waals surface area contributed by atoms with Crippen molar-refractivity contribution in [1.82, 2.24) is 9.55 Å². The average molecular weight is 233 g/mol. The first kappa shape index (κ1) is 11.6. The number of hydrogen-bond donors (Lipinski definition) is 2. The second-order valence-corrected chi connectivity index (χ2v) is 4.11. The number of pyridine rings is 1. The Kier molecular flexibility index (Phi) is 3.10. The first-order valence-corrected chi connectivity index (χ1v) is 5.47. The molecular formula is C12H15N3O2. The Morgan fingerprint density at radius 1 is 1.65 bits per heavy atom. The number of hydrogen-bond acceptors (Lipinski definition) is 3. The largest absolute Gasteiger partial charge is 0.481 e. The van der Waals surface area contributed by atoms with Crippen molar-refractivity contribution in [3.05, 3.63) is 30.1 Å². The highest BCUT2D eigenvalue weighted by Crippen LogP contribution is 2.25. The molecule has 5 heteroatoms. The van der Waals surface area contributed by atoms with Gasteiger partial charge >= 0.3 is 5.97 Å². The molecule has 0 spiro atoms. The van der Waals surface area contributed by atoms with E-state index in [9.17, 15) is 4.79 Å². The molecule has 0 fully saturated rings. The molecule has 0 aromatic carbocycles. The summed E-state index contributed by atoms with van der Waals surface area (Å²) in [5.41, 5.74) is 7.84. The lowest BCUT2D eigenvalue weighted by Crippen LogP contribution is -2.11. The highest BCUT2D eigenvalue weighted by molar-refractivity contribution is 5.80. The van der Waals surface area contributed by atoms with E-state index < -0.39 is 5.97 Å². The number of carbonyl (C=O) groups is 1. The summed E-state index contributed by atoms with van der Waals surface area (Å²) >= 11 is 0. The van der Waals surface area contributed by atoms with E-state index in [0.29, 0.717) is 6.42 Å². The van der Waals surface area contributed by atoms with Gasteiger partial charge in [0.1, 0.15) is 5.65 Å². The van der Waals surface area contributed by atoms with Crippen LogP contribution in [0.2, 0.25) is 0 Å². The van der Waals surface area contributed by atoms with Crippen LogP contribution < -0.4 is 5.73 Å². The van der Waals surface area contributed by atoms with Crippen molar-refractivity contribution < 1.29 is 9.90 Å². The Hall–Kier alpha value is -1.88. The van der Waals surface area contributed by atoms with E-state index in [4.69, 9.17) is 10.8 Å². The van der Waals surface area contributed by atoms with Gasteiger partial charge in [-0.3, -0.25) is 4.79 Å². The molecular weight excluding hydrogens is 218 g/mol. The normalized spacial score (nSPS) is 12.8. The predicted octanol–water partition coefficient (Wildman–Crippen LogP) is 1.44. The standard InChI is InChI=1S/C12H15N3O2/c1-15-7-9(10(13)4-5-11(16)17)8-3-2-6-14-12(8)15/h2-3,6-7,10H,4-5,13H2,1H3,(H,16,17). The van der Waals surface area contributed by atoms with Crippen LogP contribution in [0.3, 0.4) is 0 Å². The van der Waals surface area contributed by atoms with E-state index in [1.165, 1.54) is 0 Å². The molecule has 1 unspecified atom stereocenters. The summed E-state index contributed by atoms with van der Waals surface area (Å²) < 4.78 is 1.91. The minimum Gasteiger partial charge on any atom is -0.481 e. The maximum Gasteiger partial charge on any atom is 0.303 e. The van der Waals surface area contributed by atoms with Gasteiger partial charge in [-0.2, -0.15) is 0 Å². The Labute approximate surface area is 98.9 Å². The van der Waals surface area contributed by atoms with Gasteiger partial charge in [0.2, 0.25) is 0 Å². The number of aliphatic carboxylic acids is 1. The maximum atomic E-state index is 10.5. The lowest BCUT2D eigenvalue weighted by atomic mass is 10.0. The van der Waals surface area contributed by atoms with Crippen LogP contribution in [0.25, 0.3) is 11.0 Å². The number of aromatic nitrogens is 2. The van der Waals surface area contributed by atoms with Gasteiger partial charge < -0.3 is 15.4 Å². The van der Waals surface area contributed by atoms with Crippen molar-refractivity contribution >= 4 is 17.0 Å². The number of carboxylic acid groups (broad SMARTS) is 1. The molecule has 2 aromatic rings. The fraction of sp³-hybridized carbons (Fsp3) is 0.333. The van der Waals surface area contributed by atoms with Gasteiger partial charge in [-0.1, -0.05) is 0 Å². The molecule has 90 valence electrons. The van der Waals surface area contributed by atoms with Gasteiger partial charge in [0, 0.05) is 37.3 Å². The van der Waals surface area contributed by atoms with Crippen LogP contribution in [0.15, 0.2) is 24.5 Å². The molecule has 3 N–H and O–H groups in total. The summed E-state index contributed by atoms with van der Waals surface area (Å²) in [7, 11) is 1.91. The zero-order valence-corrected chi connectivity index (χ0v) is 9.63. The van der Waals surface area contributed by atoms with Gasteiger partial charge in [0.25, 0.3) is 0 Å². The molecule has 2 rings (SSSR count). The first-order chi connectivity index (χ1) is 8.09. The van der Waals surface area contributed by atoms with Crippen molar-refractivity contribution in [3.8, 4) is 0 Å². The van der Waals surface area contributed by atoms with E-state index in [1.54, 1.807) is 6.20 Å². The monoisotopic (exact) mass is 233 g/mol. The topological polar surface area (TPSA) is 81.1 Å². The maximum absolute atomic E-state index is 10.5. The van der Waals surface area contributed by atoms with Crippen LogP contribution in [0.4, 0.5) is 0 Å². The minimum atomic E-state index is -0.821. The lowest BCUT2D eigenvalue weighted by molar-refractivity contribution is -0.137. The lowest BCUT2D eigenvalue weighted by Gasteiger charge is -2.08. The number of nitrogens with zero attached hydrogens (tertiary/aromatic N) is 2. The van der Waals surface area contributed by atoms with Crippen molar-refractivity contribution in [3.63, 3.8) is 0 Å². The average Bonchev–Trinajstić information content (AvgIpc) is 2.65. The fourth-order valence-electron chi connectivity index (χ4n) is 1.97. The number of fused-ring (bicyclic) bond motifs is 1. The second kappa shape index (κ2) is 4.55. The van der Waals surface area contributed by atoms with Crippen molar-refractivity contribution in [2.75, 3.05) is 0 Å². The van der Waals surface area contributed by atoms with Gasteiger partial charge in [0.05, 0.1) is 0 Å². The van der Waals surface area contributed by atoms with Gasteiger partial charge in [-0.15, -0.1) is 0 Å². The van der Waals surface area contributed by atoms with Gasteiger partial charge in [-0.25, -0.2) is 4.98 Å². The second-order valence-electron chi connectivity index (χ2n) is 4.11. The van der Waals surface area contributed by atoms with E-state index >= 15 is 0 Å². The summed E-state index contributed by atoms with van der Waals surface area (Å²) in [6, 6.07) is 3.55. The number of carboxylic acids is 1. The molecule has 0 radical (unpaired) electrons. The minimum absolute atomic E-state index is 0.0812. The molecule has 0 aliphatic carbocycles. The fourth-order valence-corrected chi connectivity index (χ4v) is 1.97. The molecule has 17 heavy (non-hydrogen) atoms.